The monoisotopic (exact) mass is 449 g/mol. The summed E-state index contributed by atoms with van der Waals surface area (Å²) in [7, 11) is 0. The fraction of sp³-hybridized carbons (Fsp3) is 0.250. The number of hydrogen-bond donors (Lipinski definition) is 0. The van der Waals surface area contributed by atoms with Crippen molar-refractivity contribution in [3.63, 3.8) is 0 Å². The van der Waals surface area contributed by atoms with E-state index in [0.29, 0.717) is 34.8 Å². The van der Waals surface area contributed by atoms with Crippen LogP contribution in [-0.4, -0.2) is 27.8 Å². The SMILES string of the molecule is CCCCOc1ccc(C=c2sc3nc(=O)c(-c4ccccc4)nn3c2=O)cc1OCC. The highest BCUT2D eigenvalue weighted by Gasteiger charge is 2.13. The van der Waals surface area contributed by atoms with Crippen LogP contribution >= 0.6 is 11.3 Å². The Morgan fingerprint density at radius 3 is 2.59 bits per heavy atom. The molecule has 0 fully saturated rings. The van der Waals surface area contributed by atoms with E-state index in [4.69, 9.17) is 9.47 Å². The Morgan fingerprint density at radius 2 is 1.84 bits per heavy atom. The molecule has 0 atom stereocenters. The predicted molar refractivity (Wildman–Crippen MR) is 126 cm³/mol. The first-order chi connectivity index (χ1) is 15.6. The maximum atomic E-state index is 13.0. The first-order valence-electron chi connectivity index (χ1n) is 10.5. The van der Waals surface area contributed by atoms with Crippen molar-refractivity contribution in [1.82, 2.24) is 14.6 Å². The summed E-state index contributed by atoms with van der Waals surface area (Å²) in [6.45, 7) is 5.14. The topological polar surface area (TPSA) is 82.8 Å². The van der Waals surface area contributed by atoms with Gasteiger partial charge in [-0.1, -0.05) is 61.1 Å². The van der Waals surface area contributed by atoms with Crippen LogP contribution in [0.2, 0.25) is 0 Å². The summed E-state index contributed by atoms with van der Waals surface area (Å²) in [5, 5.41) is 4.28. The molecule has 8 heteroatoms. The van der Waals surface area contributed by atoms with Crippen molar-refractivity contribution < 1.29 is 9.47 Å². The average Bonchev–Trinajstić information content (AvgIpc) is 3.09. The van der Waals surface area contributed by atoms with Gasteiger partial charge in [0.05, 0.1) is 17.7 Å². The molecular weight excluding hydrogens is 426 g/mol. The maximum Gasteiger partial charge on any atom is 0.300 e. The van der Waals surface area contributed by atoms with Crippen molar-refractivity contribution in [2.45, 2.75) is 26.7 Å². The molecule has 0 unspecified atom stereocenters. The molecule has 0 amide bonds. The molecule has 2 aromatic carbocycles. The first-order valence-corrected chi connectivity index (χ1v) is 11.3. The molecule has 7 nitrogen and oxygen atoms in total. The van der Waals surface area contributed by atoms with E-state index in [2.05, 4.69) is 17.0 Å². The van der Waals surface area contributed by atoms with Crippen LogP contribution in [0, 0.1) is 0 Å². The lowest BCUT2D eigenvalue weighted by Crippen LogP contribution is -2.26. The van der Waals surface area contributed by atoms with Crippen LogP contribution in [-0.2, 0) is 0 Å². The van der Waals surface area contributed by atoms with E-state index in [9.17, 15) is 9.59 Å². The van der Waals surface area contributed by atoms with Crippen LogP contribution in [0.3, 0.4) is 0 Å². The number of aromatic nitrogens is 3. The van der Waals surface area contributed by atoms with Crippen molar-refractivity contribution in [3.05, 3.63) is 79.3 Å². The normalized spacial score (nSPS) is 11.8. The lowest BCUT2D eigenvalue weighted by Gasteiger charge is -2.12. The summed E-state index contributed by atoms with van der Waals surface area (Å²) in [6.07, 6.45) is 3.75. The highest BCUT2D eigenvalue weighted by atomic mass is 32.1. The van der Waals surface area contributed by atoms with Crippen LogP contribution in [0.25, 0.3) is 22.3 Å². The Hall–Kier alpha value is -3.52. The van der Waals surface area contributed by atoms with E-state index in [1.165, 1.54) is 4.52 Å². The molecule has 0 N–H and O–H groups in total. The lowest BCUT2D eigenvalue weighted by atomic mass is 10.2. The van der Waals surface area contributed by atoms with Gasteiger partial charge in [0.2, 0.25) is 4.96 Å². The van der Waals surface area contributed by atoms with Crippen molar-refractivity contribution in [1.29, 1.82) is 0 Å². The molecule has 0 aliphatic rings. The van der Waals surface area contributed by atoms with Gasteiger partial charge in [0, 0.05) is 5.56 Å². The third kappa shape index (κ3) is 4.55. The van der Waals surface area contributed by atoms with Gasteiger partial charge in [-0.2, -0.15) is 14.6 Å². The molecule has 2 heterocycles. The Kier molecular flexibility index (Phi) is 6.61. The van der Waals surface area contributed by atoms with Gasteiger partial charge < -0.3 is 9.47 Å². The third-order valence-corrected chi connectivity index (χ3v) is 5.71. The Balaban J connectivity index is 1.75. The molecule has 0 aliphatic carbocycles. The van der Waals surface area contributed by atoms with Gasteiger partial charge in [-0.25, -0.2) is 0 Å². The van der Waals surface area contributed by atoms with Gasteiger partial charge in [-0.15, -0.1) is 0 Å². The van der Waals surface area contributed by atoms with Crippen LogP contribution in [0.1, 0.15) is 32.3 Å². The van der Waals surface area contributed by atoms with Gasteiger partial charge in [0.25, 0.3) is 5.56 Å². The van der Waals surface area contributed by atoms with E-state index in [-0.39, 0.29) is 16.2 Å². The van der Waals surface area contributed by atoms with Crippen LogP contribution < -0.4 is 25.1 Å². The maximum absolute atomic E-state index is 13.0. The zero-order chi connectivity index (χ0) is 22.5. The Morgan fingerprint density at radius 1 is 1.03 bits per heavy atom. The smallest absolute Gasteiger partial charge is 0.300 e. The van der Waals surface area contributed by atoms with Gasteiger partial charge in [-0.3, -0.25) is 9.59 Å². The van der Waals surface area contributed by atoms with Crippen molar-refractivity contribution in [2.75, 3.05) is 13.2 Å². The number of thiazole rings is 1. The highest BCUT2D eigenvalue weighted by molar-refractivity contribution is 7.15. The standard InChI is InChI=1S/C24H23N3O4S/c1-3-5-13-31-18-12-11-16(14-19(18)30-4-2)15-20-23(29)27-24(32-20)25-22(28)21(26-27)17-9-7-6-8-10-17/h6-12,14-15H,3-5,13H2,1-2H3. The molecule has 0 spiro atoms. The number of fused-ring (bicyclic) bond motifs is 1. The van der Waals surface area contributed by atoms with E-state index >= 15 is 0 Å². The quantitative estimate of drug-likeness (QED) is 0.384. The van der Waals surface area contributed by atoms with Crippen molar-refractivity contribution in [3.8, 4) is 22.8 Å². The minimum Gasteiger partial charge on any atom is -0.490 e. The third-order valence-electron chi connectivity index (χ3n) is 4.75. The molecule has 164 valence electrons. The minimum atomic E-state index is -0.462. The number of rotatable bonds is 8. The number of nitrogens with zero attached hydrogens (tertiary/aromatic N) is 3. The molecule has 4 aromatic rings. The van der Waals surface area contributed by atoms with Gasteiger partial charge in [-0.05, 0) is 37.1 Å². The van der Waals surface area contributed by atoms with Gasteiger partial charge in [0.1, 0.15) is 0 Å². The number of benzene rings is 2. The summed E-state index contributed by atoms with van der Waals surface area (Å²) in [4.78, 5) is 29.7. The molecule has 0 saturated carbocycles. The molecule has 0 radical (unpaired) electrons. The van der Waals surface area contributed by atoms with E-state index in [1.807, 2.05) is 43.3 Å². The number of unbranched alkanes of at least 4 members (excludes halogenated alkanes) is 1. The van der Waals surface area contributed by atoms with E-state index in [1.54, 1.807) is 18.2 Å². The van der Waals surface area contributed by atoms with Crippen molar-refractivity contribution in [2.24, 2.45) is 0 Å². The van der Waals surface area contributed by atoms with Crippen LogP contribution in [0.5, 0.6) is 11.5 Å². The largest absolute Gasteiger partial charge is 0.490 e. The highest BCUT2D eigenvalue weighted by Crippen LogP contribution is 2.29. The molecule has 4 rings (SSSR count). The molecule has 0 bridgehead atoms. The lowest BCUT2D eigenvalue weighted by molar-refractivity contribution is 0.272. The second-order valence-corrected chi connectivity index (χ2v) is 8.09. The van der Waals surface area contributed by atoms with Crippen molar-refractivity contribution >= 4 is 22.4 Å². The summed E-state index contributed by atoms with van der Waals surface area (Å²) < 4.78 is 13.2. The van der Waals surface area contributed by atoms with Crippen LogP contribution in [0.4, 0.5) is 0 Å². The summed E-state index contributed by atoms with van der Waals surface area (Å²) in [5.74, 6) is 1.31. The predicted octanol–water partition coefficient (Wildman–Crippen LogP) is 3.30. The van der Waals surface area contributed by atoms with Gasteiger partial charge >= 0.3 is 5.56 Å². The molecule has 0 saturated heterocycles. The molecule has 0 aliphatic heterocycles. The fourth-order valence-corrected chi connectivity index (χ4v) is 4.07. The minimum absolute atomic E-state index is 0.150. The summed E-state index contributed by atoms with van der Waals surface area (Å²) in [6, 6.07) is 14.5. The fourth-order valence-electron chi connectivity index (χ4n) is 3.17. The summed E-state index contributed by atoms with van der Waals surface area (Å²) in [5.41, 5.74) is 0.769. The Bertz CT molecular complexity index is 1400. The van der Waals surface area contributed by atoms with Gasteiger partial charge in [0.15, 0.2) is 17.2 Å². The van der Waals surface area contributed by atoms with E-state index in [0.717, 1.165) is 29.7 Å². The first kappa shape index (κ1) is 21.7. The second kappa shape index (κ2) is 9.74. The van der Waals surface area contributed by atoms with Crippen LogP contribution in [0.15, 0.2) is 58.1 Å². The number of hydrogen-bond acceptors (Lipinski definition) is 7. The second-order valence-electron chi connectivity index (χ2n) is 7.08. The molecule has 2 aromatic heterocycles. The zero-order valence-electron chi connectivity index (χ0n) is 17.9. The molecule has 32 heavy (non-hydrogen) atoms. The zero-order valence-corrected chi connectivity index (χ0v) is 18.7. The average molecular weight is 450 g/mol. The van der Waals surface area contributed by atoms with E-state index < -0.39 is 5.56 Å². The molecular formula is C24H23N3O4S. The number of ether oxygens (including phenoxy) is 2. The summed E-state index contributed by atoms with van der Waals surface area (Å²) >= 11 is 1.13. The Labute approximate surface area is 188 Å².